The molecule has 6 heteroatoms. The fraction of sp³-hybridized carbons (Fsp3) is 0.455. The quantitative estimate of drug-likeness (QED) is 0.790. The fourth-order valence-corrected chi connectivity index (χ4v) is 1.92. The summed E-state index contributed by atoms with van der Waals surface area (Å²) in [6.07, 6.45) is -0.638. The Morgan fingerprint density at radius 3 is 2.94 bits per heavy atom. The molecule has 1 aromatic carbocycles. The molecule has 0 radical (unpaired) electrons. The number of aliphatic hydroxyl groups excluding tert-OH is 1. The molecule has 17 heavy (non-hydrogen) atoms. The fourth-order valence-electron chi connectivity index (χ4n) is 1.17. The summed E-state index contributed by atoms with van der Waals surface area (Å²) in [6.45, 7) is 3.24. The molecule has 0 saturated heterocycles. The predicted octanol–water partition coefficient (Wildman–Crippen LogP) is 2.59. The minimum Gasteiger partial charge on any atom is -0.490 e. The Hall–Kier alpha value is -0.360. The summed E-state index contributed by atoms with van der Waals surface area (Å²) in [5.74, 6) is -0.228. The lowest BCUT2D eigenvalue weighted by Gasteiger charge is -2.13. The van der Waals surface area contributed by atoms with Crippen molar-refractivity contribution in [1.82, 2.24) is 5.32 Å². The summed E-state index contributed by atoms with van der Waals surface area (Å²) in [7, 11) is 0. The highest BCUT2D eigenvalue weighted by atomic mass is 79.9. The molecule has 0 fully saturated rings. The van der Waals surface area contributed by atoms with Crippen molar-refractivity contribution >= 4 is 27.5 Å². The Morgan fingerprint density at radius 2 is 2.29 bits per heavy atom. The van der Waals surface area contributed by atoms with Crippen LogP contribution in [-0.4, -0.2) is 30.9 Å². The van der Waals surface area contributed by atoms with Crippen molar-refractivity contribution in [2.24, 2.45) is 0 Å². The molecular formula is C11H14BrClFNO2. The summed E-state index contributed by atoms with van der Waals surface area (Å²) in [6, 6.07) is 2.61. The lowest BCUT2D eigenvalue weighted by atomic mass is 10.3. The van der Waals surface area contributed by atoms with Gasteiger partial charge in [-0.1, -0.05) is 18.5 Å². The van der Waals surface area contributed by atoms with Crippen LogP contribution in [0.1, 0.15) is 6.92 Å². The van der Waals surface area contributed by atoms with Gasteiger partial charge < -0.3 is 15.2 Å². The summed E-state index contributed by atoms with van der Waals surface area (Å²) in [5.41, 5.74) is 0. The van der Waals surface area contributed by atoms with E-state index in [1.165, 1.54) is 12.1 Å². The van der Waals surface area contributed by atoms with Gasteiger partial charge in [0.2, 0.25) is 0 Å². The largest absolute Gasteiger partial charge is 0.490 e. The van der Waals surface area contributed by atoms with E-state index in [2.05, 4.69) is 21.2 Å². The van der Waals surface area contributed by atoms with E-state index in [1.54, 1.807) is 0 Å². The van der Waals surface area contributed by atoms with Gasteiger partial charge in [0.25, 0.3) is 0 Å². The van der Waals surface area contributed by atoms with Crippen LogP contribution in [0.15, 0.2) is 16.6 Å². The lowest BCUT2D eigenvalue weighted by molar-refractivity contribution is 0.106. The highest BCUT2D eigenvalue weighted by molar-refractivity contribution is 9.10. The highest BCUT2D eigenvalue weighted by Crippen LogP contribution is 2.30. The molecule has 1 rings (SSSR count). The molecule has 0 aliphatic heterocycles. The van der Waals surface area contributed by atoms with E-state index in [-0.39, 0.29) is 11.6 Å². The second kappa shape index (κ2) is 7.16. The normalized spacial score (nSPS) is 12.5. The molecule has 2 N–H and O–H groups in total. The highest BCUT2D eigenvalue weighted by Gasteiger charge is 2.10. The predicted molar refractivity (Wildman–Crippen MR) is 69.2 cm³/mol. The van der Waals surface area contributed by atoms with Crippen molar-refractivity contribution in [2.75, 3.05) is 19.7 Å². The molecule has 0 aliphatic rings. The number of benzene rings is 1. The van der Waals surface area contributed by atoms with Crippen molar-refractivity contribution in [3.8, 4) is 5.75 Å². The van der Waals surface area contributed by atoms with Crippen molar-refractivity contribution < 1.29 is 14.2 Å². The van der Waals surface area contributed by atoms with Crippen LogP contribution in [-0.2, 0) is 0 Å². The SMILES string of the molecule is CCNCC(O)COc1cc(F)c(Cl)cc1Br. The summed E-state index contributed by atoms with van der Waals surface area (Å²) in [5, 5.41) is 12.5. The third-order valence-corrected chi connectivity index (χ3v) is 2.95. The Morgan fingerprint density at radius 1 is 1.59 bits per heavy atom. The van der Waals surface area contributed by atoms with Crippen LogP contribution in [0.3, 0.4) is 0 Å². The zero-order valence-electron chi connectivity index (χ0n) is 9.34. The molecule has 0 saturated carbocycles. The topological polar surface area (TPSA) is 41.5 Å². The van der Waals surface area contributed by atoms with Gasteiger partial charge in [0.1, 0.15) is 24.3 Å². The zero-order chi connectivity index (χ0) is 12.8. The first-order valence-electron chi connectivity index (χ1n) is 5.20. The third-order valence-electron chi connectivity index (χ3n) is 2.04. The minimum absolute atomic E-state index is 0.0254. The van der Waals surface area contributed by atoms with Crippen molar-refractivity contribution in [3.05, 3.63) is 27.4 Å². The van der Waals surface area contributed by atoms with Crippen LogP contribution in [0.4, 0.5) is 4.39 Å². The van der Waals surface area contributed by atoms with Crippen LogP contribution >= 0.6 is 27.5 Å². The van der Waals surface area contributed by atoms with Gasteiger partial charge >= 0.3 is 0 Å². The molecule has 0 aromatic heterocycles. The van der Waals surface area contributed by atoms with Crippen LogP contribution in [0.5, 0.6) is 5.75 Å². The summed E-state index contributed by atoms with van der Waals surface area (Å²) >= 11 is 8.81. The van der Waals surface area contributed by atoms with Crippen molar-refractivity contribution in [3.63, 3.8) is 0 Å². The number of nitrogens with one attached hydrogen (secondary N) is 1. The average molecular weight is 327 g/mol. The van der Waals surface area contributed by atoms with Gasteiger partial charge in [-0.15, -0.1) is 0 Å². The molecular weight excluding hydrogens is 312 g/mol. The van der Waals surface area contributed by atoms with E-state index in [1.807, 2.05) is 6.92 Å². The maximum atomic E-state index is 13.2. The molecule has 1 aromatic rings. The number of aliphatic hydroxyl groups is 1. The Balaban J connectivity index is 2.54. The van der Waals surface area contributed by atoms with Crippen molar-refractivity contribution in [1.29, 1.82) is 0 Å². The van der Waals surface area contributed by atoms with E-state index in [0.717, 1.165) is 6.54 Å². The molecule has 0 bridgehead atoms. The molecule has 0 spiro atoms. The summed E-state index contributed by atoms with van der Waals surface area (Å²) < 4.78 is 19.0. The maximum absolute atomic E-state index is 13.2. The number of hydrogen-bond acceptors (Lipinski definition) is 3. The maximum Gasteiger partial charge on any atom is 0.145 e. The number of hydrogen-bond donors (Lipinski definition) is 2. The van der Waals surface area contributed by atoms with Gasteiger partial charge in [0.05, 0.1) is 9.50 Å². The molecule has 0 heterocycles. The molecule has 3 nitrogen and oxygen atoms in total. The van der Waals surface area contributed by atoms with Crippen LogP contribution in [0.25, 0.3) is 0 Å². The first-order chi connectivity index (χ1) is 8.04. The standard InChI is InChI=1S/C11H14BrClFNO2/c1-2-15-5-7(16)6-17-11-4-10(14)9(13)3-8(11)12/h3-4,7,15-16H,2,5-6H2,1H3. The van der Waals surface area contributed by atoms with E-state index in [0.29, 0.717) is 16.8 Å². The van der Waals surface area contributed by atoms with Crippen LogP contribution in [0.2, 0.25) is 5.02 Å². The molecule has 0 aliphatic carbocycles. The van der Waals surface area contributed by atoms with Gasteiger partial charge in [-0.3, -0.25) is 0 Å². The van der Waals surface area contributed by atoms with E-state index in [4.69, 9.17) is 16.3 Å². The van der Waals surface area contributed by atoms with E-state index in [9.17, 15) is 9.50 Å². The van der Waals surface area contributed by atoms with E-state index >= 15 is 0 Å². The first kappa shape index (κ1) is 14.7. The van der Waals surface area contributed by atoms with Crippen molar-refractivity contribution in [2.45, 2.75) is 13.0 Å². The number of rotatable bonds is 6. The van der Waals surface area contributed by atoms with Gasteiger partial charge in [-0.2, -0.15) is 0 Å². The minimum atomic E-state index is -0.638. The van der Waals surface area contributed by atoms with Gasteiger partial charge in [-0.05, 0) is 28.5 Å². The Bertz CT molecular complexity index is 379. The lowest BCUT2D eigenvalue weighted by Crippen LogP contribution is -2.31. The number of ether oxygens (including phenoxy) is 1. The average Bonchev–Trinajstić information content (AvgIpc) is 2.29. The first-order valence-corrected chi connectivity index (χ1v) is 6.37. The number of likely N-dealkylation sites (N-methyl/N-ethyl adjacent to an activating group) is 1. The zero-order valence-corrected chi connectivity index (χ0v) is 11.7. The Labute approximate surface area is 113 Å². The van der Waals surface area contributed by atoms with Gasteiger partial charge in [0, 0.05) is 12.6 Å². The Kier molecular flexibility index (Phi) is 6.19. The molecule has 0 amide bonds. The van der Waals surface area contributed by atoms with Crippen LogP contribution < -0.4 is 10.1 Å². The third kappa shape index (κ3) is 4.79. The second-order valence-corrected chi connectivity index (χ2v) is 4.73. The number of halogens is 3. The van der Waals surface area contributed by atoms with Crippen LogP contribution in [0, 0.1) is 5.82 Å². The smallest absolute Gasteiger partial charge is 0.145 e. The molecule has 1 unspecified atom stereocenters. The van der Waals surface area contributed by atoms with Gasteiger partial charge in [0.15, 0.2) is 0 Å². The van der Waals surface area contributed by atoms with E-state index < -0.39 is 11.9 Å². The monoisotopic (exact) mass is 325 g/mol. The second-order valence-electron chi connectivity index (χ2n) is 3.47. The van der Waals surface area contributed by atoms with Gasteiger partial charge in [-0.25, -0.2) is 4.39 Å². The summed E-state index contributed by atoms with van der Waals surface area (Å²) in [4.78, 5) is 0. The molecule has 1 atom stereocenters. The molecule has 96 valence electrons.